The molecular weight excluding hydrogens is 472 g/mol. The van der Waals surface area contributed by atoms with Crippen LogP contribution in [0.2, 0.25) is 0 Å². The molecule has 1 unspecified atom stereocenters. The topological polar surface area (TPSA) is 89.0 Å². The van der Waals surface area contributed by atoms with E-state index < -0.39 is 17.7 Å². The van der Waals surface area contributed by atoms with Gasteiger partial charge in [-0.15, -0.1) is 11.3 Å². The minimum Gasteiger partial charge on any atom is -0.507 e. The Kier molecular flexibility index (Phi) is 5.59. The van der Waals surface area contributed by atoms with Gasteiger partial charge in [0, 0.05) is 10.4 Å². The molecule has 2 aromatic heterocycles. The van der Waals surface area contributed by atoms with Crippen molar-refractivity contribution in [2.75, 3.05) is 19.1 Å². The number of hydrogen-bond acceptors (Lipinski definition) is 8. The molecule has 1 atom stereocenters. The molecule has 172 valence electrons. The Balaban J connectivity index is 1.70. The summed E-state index contributed by atoms with van der Waals surface area (Å²) in [5.74, 6) is -0.492. The lowest BCUT2D eigenvalue weighted by atomic mass is 10.00. The number of benzene rings is 2. The number of carbonyl (C=O) groups is 2. The number of carbonyl (C=O) groups excluding carboxylic acids is 2. The van der Waals surface area contributed by atoms with E-state index >= 15 is 0 Å². The zero-order valence-corrected chi connectivity index (χ0v) is 20.2. The van der Waals surface area contributed by atoms with Gasteiger partial charge in [0.05, 0.1) is 30.0 Å². The number of amides is 1. The smallest absolute Gasteiger partial charge is 0.301 e. The number of methoxy groups -OCH3 is 2. The number of rotatable bonds is 5. The number of aryl methyl sites for hydroxylation is 1. The van der Waals surface area contributed by atoms with Crippen molar-refractivity contribution in [3.8, 4) is 11.5 Å². The van der Waals surface area contributed by atoms with Gasteiger partial charge in [0.25, 0.3) is 5.78 Å². The molecule has 0 aliphatic carbocycles. The number of nitrogens with zero attached hydrogens (tertiary/aromatic N) is 2. The second-order valence-corrected chi connectivity index (χ2v) is 9.69. The van der Waals surface area contributed by atoms with Crippen LogP contribution in [0.25, 0.3) is 16.0 Å². The van der Waals surface area contributed by atoms with Crippen LogP contribution in [-0.4, -0.2) is 36.0 Å². The molecule has 5 rings (SSSR count). The molecule has 4 aromatic rings. The van der Waals surface area contributed by atoms with E-state index in [0.29, 0.717) is 22.0 Å². The Morgan fingerprint density at radius 2 is 1.91 bits per heavy atom. The van der Waals surface area contributed by atoms with Crippen LogP contribution in [0, 0.1) is 6.92 Å². The van der Waals surface area contributed by atoms with Gasteiger partial charge >= 0.3 is 5.91 Å². The van der Waals surface area contributed by atoms with Crippen LogP contribution in [0.5, 0.6) is 11.5 Å². The molecule has 9 heteroatoms. The van der Waals surface area contributed by atoms with Crippen molar-refractivity contribution in [3.63, 3.8) is 0 Å². The van der Waals surface area contributed by atoms with E-state index in [2.05, 4.69) is 4.98 Å². The van der Waals surface area contributed by atoms with Gasteiger partial charge in [-0.05, 0) is 48.2 Å². The maximum Gasteiger partial charge on any atom is 0.301 e. The highest BCUT2D eigenvalue weighted by molar-refractivity contribution is 7.22. The number of hydrogen-bond donors (Lipinski definition) is 1. The molecule has 0 saturated carbocycles. The van der Waals surface area contributed by atoms with Crippen LogP contribution in [0.15, 0.2) is 59.5 Å². The number of aliphatic hydroxyl groups excluding tert-OH is 1. The highest BCUT2D eigenvalue weighted by Crippen LogP contribution is 2.46. The second kappa shape index (κ2) is 8.58. The molecule has 1 amide bonds. The maximum absolute atomic E-state index is 13.3. The minimum atomic E-state index is -0.797. The van der Waals surface area contributed by atoms with Crippen LogP contribution < -0.4 is 14.4 Å². The molecule has 1 fully saturated rings. The number of thiazole rings is 1. The normalized spacial score (nSPS) is 17.5. The number of ether oxygens (including phenoxy) is 2. The van der Waals surface area contributed by atoms with Crippen molar-refractivity contribution in [1.29, 1.82) is 0 Å². The van der Waals surface area contributed by atoms with E-state index in [1.807, 2.05) is 36.6 Å². The van der Waals surface area contributed by atoms with Gasteiger partial charge in [-0.3, -0.25) is 14.5 Å². The van der Waals surface area contributed by atoms with Crippen molar-refractivity contribution in [2.45, 2.75) is 13.0 Å². The van der Waals surface area contributed by atoms with Gasteiger partial charge in [0.15, 0.2) is 5.13 Å². The molecule has 1 aliphatic heterocycles. The minimum absolute atomic E-state index is 0.0220. The predicted octanol–water partition coefficient (Wildman–Crippen LogP) is 5.31. The van der Waals surface area contributed by atoms with Crippen molar-refractivity contribution < 1.29 is 24.2 Å². The predicted molar refractivity (Wildman–Crippen MR) is 133 cm³/mol. The Labute approximate surface area is 203 Å². The third kappa shape index (κ3) is 3.53. The number of aliphatic hydroxyl groups is 1. The summed E-state index contributed by atoms with van der Waals surface area (Å²) >= 11 is 2.70. The van der Waals surface area contributed by atoms with Crippen molar-refractivity contribution in [1.82, 2.24) is 4.98 Å². The zero-order valence-electron chi connectivity index (χ0n) is 18.6. The fourth-order valence-corrected chi connectivity index (χ4v) is 5.87. The standard InChI is InChI=1S/C25H20N2O5S2/c1-13-10-16-19(12-17(13)32-3)34-25(26-16)27-21(18-8-5-9-33-18)20(23(29)24(27)30)22(28)14-6-4-7-15(11-14)31-2/h4-12,21,28H,1-3H3/b22-20+. The second-order valence-electron chi connectivity index (χ2n) is 7.70. The van der Waals surface area contributed by atoms with Gasteiger partial charge in [-0.1, -0.05) is 29.5 Å². The molecule has 2 aromatic carbocycles. The lowest BCUT2D eigenvalue weighted by Crippen LogP contribution is -2.28. The largest absolute Gasteiger partial charge is 0.507 e. The summed E-state index contributed by atoms with van der Waals surface area (Å²) < 4.78 is 11.5. The number of fused-ring (bicyclic) bond motifs is 1. The van der Waals surface area contributed by atoms with Gasteiger partial charge in [0.1, 0.15) is 23.3 Å². The quantitative estimate of drug-likeness (QED) is 0.231. The van der Waals surface area contributed by atoms with E-state index in [0.717, 1.165) is 20.9 Å². The number of ketones is 1. The van der Waals surface area contributed by atoms with E-state index in [4.69, 9.17) is 9.47 Å². The average Bonchev–Trinajstić information content (AvgIpc) is 3.57. The van der Waals surface area contributed by atoms with Gasteiger partial charge < -0.3 is 14.6 Å². The molecule has 34 heavy (non-hydrogen) atoms. The van der Waals surface area contributed by atoms with Crippen LogP contribution >= 0.6 is 22.7 Å². The number of aromatic nitrogens is 1. The van der Waals surface area contributed by atoms with Gasteiger partial charge in [-0.2, -0.15) is 0 Å². The zero-order chi connectivity index (χ0) is 24.0. The van der Waals surface area contributed by atoms with Crippen molar-refractivity contribution >= 4 is 55.5 Å². The first-order valence-electron chi connectivity index (χ1n) is 10.4. The lowest BCUT2D eigenvalue weighted by Gasteiger charge is -2.21. The molecule has 1 aliphatic rings. The third-order valence-electron chi connectivity index (χ3n) is 5.70. The van der Waals surface area contributed by atoms with Crippen LogP contribution in [0.1, 0.15) is 22.0 Å². The first kappa shape index (κ1) is 22.1. The van der Waals surface area contributed by atoms with Gasteiger partial charge in [0.2, 0.25) is 0 Å². The van der Waals surface area contributed by atoms with E-state index in [1.54, 1.807) is 31.4 Å². The maximum atomic E-state index is 13.3. The fraction of sp³-hybridized carbons (Fsp3) is 0.160. The molecule has 0 bridgehead atoms. The summed E-state index contributed by atoms with van der Waals surface area (Å²) in [5, 5.41) is 13.5. The van der Waals surface area contributed by atoms with Crippen LogP contribution in [-0.2, 0) is 9.59 Å². The van der Waals surface area contributed by atoms with Crippen molar-refractivity contribution in [3.05, 3.63) is 75.5 Å². The highest BCUT2D eigenvalue weighted by atomic mass is 32.1. The third-order valence-corrected chi connectivity index (χ3v) is 7.64. The SMILES string of the molecule is COc1cccc(/C(O)=C2\C(=O)C(=O)N(c3nc4cc(C)c(OC)cc4s3)C2c2cccs2)c1. The summed E-state index contributed by atoms with van der Waals surface area (Å²) in [5.41, 5.74) is 2.04. The summed E-state index contributed by atoms with van der Waals surface area (Å²) in [6, 6.07) is 13.4. The van der Waals surface area contributed by atoms with Crippen LogP contribution in [0.3, 0.4) is 0 Å². The fourth-order valence-electron chi connectivity index (χ4n) is 4.04. The van der Waals surface area contributed by atoms with E-state index in [1.165, 1.54) is 34.7 Å². The summed E-state index contributed by atoms with van der Waals surface area (Å²) in [6.45, 7) is 1.92. The highest BCUT2D eigenvalue weighted by Gasteiger charge is 2.48. The first-order chi connectivity index (χ1) is 16.4. The van der Waals surface area contributed by atoms with Crippen LogP contribution in [0.4, 0.5) is 5.13 Å². The Morgan fingerprint density at radius 1 is 1.09 bits per heavy atom. The van der Waals surface area contributed by atoms with E-state index in [9.17, 15) is 14.7 Å². The summed E-state index contributed by atoms with van der Waals surface area (Å²) in [7, 11) is 3.12. The number of anilines is 1. The van der Waals surface area contributed by atoms with Crippen molar-refractivity contribution in [2.24, 2.45) is 0 Å². The molecule has 7 nitrogen and oxygen atoms in total. The molecule has 1 saturated heterocycles. The number of Topliss-reactive ketones (excluding diaryl/α,β-unsaturated/α-hetero) is 1. The average molecular weight is 493 g/mol. The lowest BCUT2D eigenvalue weighted by molar-refractivity contribution is -0.132. The molecular formula is C25H20N2O5S2. The van der Waals surface area contributed by atoms with Gasteiger partial charge in [-0.25, -0.2) is 4.98 Å². The number of thiophene rings is 1. The Bertz CT molecular complexity index is 1460. The Hall–Kier alpha value is -3.69. The molecule has 0 spiro atoms. The molecule has 3 heterocycles. The summed E-state index contributed by atoms with van der Waals surface area (Å²) in [4.78, 5) is 33.3. The molecule has 0 radical (unpaired) electrons. The monoisotopic (exact) mass is 492 g/mol. The summed E-state index contributed by atoms with van der Waals surface area (Å²) in [6.07, 6.45) is 0. The Morgan fingerprint density at radius 3 is 2.62 bits per heavy atom. The first-order valence-corrected chi connectivity index (χ1v) is 12.1. The van der Waals surface area contributed by atoms with E-state index in [-0.39, 0.29) is 11.3 Å². The molecule has 1 N–H and O–H groups in total.